The lowest BCUT2D eigenvalue weighted by atomic mass is 10.2. The highest BCUT2D eigenvalue weighted by molar-refractivity contribution is 7.07. The summed E-state index contributed by atoms with van der Waals surface area (Å²) in [4.78, 5) is 16.1. The summed E-state index contributed by atoms with van der Waals surface area (Å²) in [5.74, 6) is 0.657. The molecule has 2 aromatic rings. The molecule has 0 aliphatic rings. The smallest absolute Gasteiger partial charge is 0.319 e. The van der Waals surface area contributed by atoms with E-state index in [2.05, 4.69) is 15.6 Å². The van der Waals surface area contributed by atoms with Crippen LogP contribution in [0.1, 0.15) is 26.5 Å². The van der Waals surface area contributed by atoms with E-state index in [1.54, 1.807) is 16.8 Å². The van der Waals surface area contributed by atoms with Gasteiger partial charge < -0.3 is 15.4 Å². The number of para-hydroxylation sites is 2. The Labute approximate surface area is 134 Å². The van der Waals surface area contributed by atoms with Crippen molar-refractivity contribution in [2.24, 2.45) is 0 Å². The molecule has 0 fully saturated rings. The summed E-state index contributed by atoms with van der Waals surface area (Å²) < 4.78 is 5.85. The van der Waals surface area contributed by atoms with Crippen molar-refractivity contribution < 1.29 is 9.53 Å². The maximum Gasteiger partial charge on any atom is 0.319 e. The second kappa shape index (κ2) is 7.26. The lowest BCUT2D eigenvalue weighted by Crippen LogP contribution is -2.31. The fourth-order valence-corrected chi connectivity index (χ4v) is 2.41. The van der Waals surface area contributed by atoms with Crippen LogP contribution in [0.15, 0.2) is 35.2 Å². The number of carbonyl (C=O) groups is 1. The molecule has 1 heterocycles. The molecular weight excluding hydrogens is 298 g/mol. The van der Waals surface area contributed by atoms with Crippen LogP contribution in [0.2, 0.25) is 0 Å². The van der Waals surface area contributed by atoms with Gasteiger partial charge in [-0.05, 0) is 32.9 Å². The predicted molar refractivity (Wildman–Crippen MR) is 89.7 cm³/mol. The van der Waals surface area contributed by atoms with Crippen LogP contribution >= 0.6 is 11.3 Å². The SMILES string of the molecule is CC(C)(C)Oc1ccccc1NC(=O)NCCc1cscn1. The summed E-state index contributed by atoms with van der Waals surface area (Å²) in [7, 11) is 0. The summed E-state index contributed by atoms with van der Waals surface area (Å²) in [5, 5.41) is 7.62. The van der Waals surface area contributed by atoms with E-state index in [0.29, 0.717) is 18.0 Å². The van der Waals surface area contributed by atoms with Crippen molar-refractivity contribution >= 4 is 23.1 Å². The van der Waals surface area contributed by atoms with Crippen molar-refractivity contribution in [2.75, 3.05) is 11.9 Å². The Kier molecular flexibility index (Phi) is 5.38. The molecule has 6 heteroatoms. The molecule has 2 amide bonds. The Hall–Kier alpha value is -2.08. The first kappa shape index (κ1) is 16.3. The Morgan fingerprint density at radius 1 is 1.32 bits per heavy atom. The number of urea groups is 1. The molecule has 2 rings (SSSR count). The van der Waals surface area contributed by atoms with Gasteiger partial charge in [0.1, 0.15) is 11.4 Å². The fourth-order valence-electron chi connectivity index (χ4n) is 1.82. The van der Waals surface area contributed by atoms with E-state index in [9.17, 15) is 4.79 Å². The zero-order valence-electron chi connectivity index (χ0n) is 13.1. The average Bonchev–Trinajstić information content (AvgIpc) is 2.92. The number of aromatic nitrogens is 1. The van der Waals surface area contributed by atoms with Crippen LogP contribution < -0.4 is 15.4 Å². The molecule has 0 saturated heterocycles. The Bertz CT molecular complexity index is 606. The molecule has 0 aliphatic carbocycles. The number of carbonyl (C=O) groups excluding carboxylic acids is 1. The number of benzene rings is 1. The highest BCUT2D eigenvalue weighted by atomic mass is 32.1. The van der Waals surface area contributed by atoms with Crippen LogP contribution in [0.4, 0.5) is 10.5 Å². The summed E-state index contributed by atoms with van der Waals surface area (Å²) in [5.41, 5.74) is 3.11. The lowest BCUT2D eigenvalue weighted by Gasteiger charge is -2.23. The first-order valence-electron chi connectivity index (χ1n) is 7.14. The maximum atomic E-state index is 12.0. The highest BCUT2D eigenvalue weighted by Crippen LogP contribution is 2.27. The molecule has 0 saturated carbocycles. The van der Waals surface area contributed by atoms with Gasteiger partial charge in [-0.1, -0.05) is 12.1 Å². The Balaban J connectivity index is 1.88. The Morgan fingerprint density at radius 3 is 2.77 bits per heavy atom. The summed E-state index contributed by atoms with van der Waals surface area (Å²) >= 11 is 1.55. The number of nitrogens with zero attached hydrogens (tertiary/aromatic N) is 1. The van der Waals surface area contributed by atoms with Gasteiger partial charge in [0, 0.05) is 18.3 Å². The molecule has 0 bridgehead atoms. The zero-order valence-corrected chi connectivity index (χ0v) is 13.9. The van der Waals surface area contributed by atoms with Gasteiger partial charge in [0.15, 0.2) is 0 Å². The topological polar surface area (TPSA) is 63.2 Å². The summed E-state index contributed by atoms with van der Waals surface area (Å²) in [6.45, 7) is 6.45. The van der Waals surface area contributed by atoms with E-state index in [1.807, 2.05) is 50.4 Å². The van der Waals surface area contributed by atoms with E-state index in [4.69, 9.17) is 4.74 Å². The maximum absolute atomic E-state index is 12.0. The number of nitrogens with one attached hydrogen (secondary N) is 2. The largest absolute Gasteiger partial charge is 0.486 e. The molecule has 1 aromatic heterocycles. The van der Waals surface area contributed by atoms with Crippen molar-refractivity contribution in [1.82, 2.24) is 10.3 Å². The van der Waals surface area contributed by atoms with Gasteiger partial charge in [-0.3, -0.25) is 0 Å². The molecule has 2 N–H and O–H groups in total. The van der Waals surface area contributed by atoms with Gasteiger partial charge in [0.25, 0.3) is 0 Å². The van der Waals surface area contributed by atoms with E-state index >= 15 is 0 Å². The molecule has 0 radical (unpaired) electrons. The fraction of sp³-hybridized carbons (Fsp3) is 0.375. The minimum Gasteiger partial charge on any atom is -0.486 e. The van der Waals surface area contributed by atoms with Crippen LogP contribution in [-0.4, -0.2) is 23.2 Å². The third-order valence-corrected chi connectivity index (χ3v) is 3.34. The molecular formula is C16H21N3O2S. The molecule has 0 aliphatic heterocycles. The predicted octanol–water partition coefficient (Wildman–Crippen LogP) is 3.68. The van der Waals surface area contributed by atoms with Gasteiger partial charge in [-0.2, -0.15) is 0 Å². The first-order valence-corrected chi connectivity index (χ1v) is 8.08. The quantitative estimate of drug-likeness (QED) is 0.883. The minimum absolute atomic E-state index is 0.250. The van der Waals surface area contributed by atoms with Gasteiger partial charge in [-0.25, -0.2) is 9.78 Å². The lowest BCUT2D eigenvalue weighted by molar-refractivity contribution is 0.132. The molecule has 0 unspecified atom stereocenters. The number of hydrogen-bond acceptors (Lipinski definition) is 4. The van der Waals surface area contributed by atoms with E-state index in [0.717, 1.165) is 12.1 Å². The summed E-state index contributed by atoms with van der Waals surface area (Å²) in [6, 6.07) is 7.16. The standard InChI is InChI=1S/C16H21N3O2S/c1-16(2,3)21-14-7-5-4-6-13(14)19-15(20)17-9-8-12-10-22-11-18-12/h4-7,10-11H,8-9H2,1-3H3,(H2,17,19,20). The van der Waals surface area contributed by atoms with Crippen molar-refractivity contribution in [1.29, 1.82) is 0 Å². The van der Waals surface area contributed by atoms with Gasteiger partial charge in [0.2, 0.25) is 0 Å². The first-order chi connectivity index (χ1) is 10.4. The van der Waals surface area contributed by atoms with Crippen molar-refractivity contribution in [3.63, 3.8) is 0 Å². The monoisotopic (exact) mass is 319 g/mol. The van der Waals surface area contributed by atoms with Crippen LogP contribution in [-0.2, 0) is 6.42 Å². The molecule has 1 aromatic carbocycles. The van der Waals surface area contributed by atoms with Crippen LogP contribution in [0.3, 0.4) is 0 Å². The third-order valence-electron chi connectivity index (χ3n) is 2.70. The molecule has 22 heavy (non-hydrogen) atoms. The number of ether oxygens (including phenoxy) is 1. The second-order valence-electron chi connectivity index (χ2n) is 5.82. The molecule has 0 spiro atoms. The highest BCUT2D eigenvalue weighted by Gasteiger charge is 2.15. The van der Waals surface area contributed by atoms with Gasteiger partial charge in [0.05, 0.1) is 16.9 Å². The van der Waals surface area contributed by atoms with Crippen molar-refractivity contribution in [3.05, 3.63) is 40.8 Å². The number of thiazole rings is 1. The third kappa shape index (κ3) is 5.37. The second-order valence-corrected chi connectivity index (χ2v) is 6.54. The molecule has 0 atom stereocenters. The minimum atomic E-state index is -0.321. The van der Waals surface area contributed by atoms with Crippen LogP contribution in [0.5, 0.6) is 5.75 Å². The number of hydrogen-bond donors (Lipinski definition) is 2. The van der Waals surface area contributed by atoms with Crippen LogP contribution in [0, 0.1) is 0 Å². The van der Waals surface area contributed by atoms with Crippen molar-refractivity contribution in [2.45, 2.75) is 32.8 Å². The number of amides is 2. The zero-order chi connectivity index (χ0) is 16.0. The Morgan fingerprint density at radius 2 is 2.09 bits per heavy atom. The summed E-state index contributed by atoms with van der Waals surface area (Å²) in [6.07, 6.45) is 0.719. The van der Waals surface area contributed by atoms with E-state index < -0.39 is 0 Å². The molecule has 5 nitrogen and oxygen atoms in total. The average molecular weight is 319 g/mol. The van der Waals surface area contributed by atoms with Gasteiger partial charge >= 0.3 is 6.03 Å². The number of anilines is 1. The van der Waals surface area contributed by atoms with Gasteiger partial charge in [-0.15, -0.1) is 11.3 Å². The van der Waals surface area contributed by atoms with E-state index in [-0.39, 0.29) is 11.6 Å². The number of rotatable bonds is 5. The normalized spacial score (nSPS) is 11.0. The molecule has 118 valence electrons. The van der Waals surface area contributed by atoms with Crippen molar-refractivity contribution in [3.8, 4) is 5.75 Å². The van der Waals surface area contributed by atoms with Crippen LogP contribution in [0.25, 0.3) is 0 Å². The van der Waals surface area contributed by atoms with E-state index in [1.165, 1.54) is 0 Å².